The van der Waals surface area contributed by atoms with E-state index in [1.807, 2.05) is 30.3 Å². The molecule has 0 amide bonds. The lowest BCUT2D eigenvalue weighted by molar-refractivity contribution is -0.429. The van der Waals surface area contributed by atoms with Crippen molar-refractivity contribution in [3.63, 3.8) is 0 Å². The smallest absolute Gasteiger partial charge is 0.306 e. The summed E-state index contributed by atoms with van der Waals surface area (Å²) in [4.78, 5) is 25.8. The average molecular weight is 617 g/mol. The molecule has 3 bridgehead atoms. The molecule has 242 valence electrons. The SMILES string of the molecule is C=C(C)[C@@]12O[C@@]3(C)O[C@@H]1[C@@H]1[C@H](O)[C@@](C)(O)[C@@H](O)[C@@]4(O)[C@@H](C[C@H](C)[C@@H]4OC(C)=O)[C@@]1(O3)[C@H](C)[C@@H]2OC(=O)CCc1ccccc1. The van der Waals surface area contributed by atoms with E-state index in [2.05, 4.69) is 6.58 Å². The van der Waals surface area contributed by atoms with Gasteiger partial charge in [-0.05, 0) is 43.7 Å². The predicted molar refractivity (Wildman–Crippen MR) is 153 cm³/mol. The minimum absolute atomic E-state index is 0.0779. The number of benzene rings is 1. The van der Waals surface area contributed by atoms with Gasteiger partial charge in [0.2, 0.25) is 0 Å². The molecule has 0 unspecified atom stereocenters. The first-order chi connectivity index (χ1) is 20.5. The molecular weight excluding hydrogens is 572 g/mol. The van der Waals surface area contributed by atoms with Crippen LogP contribution in [0, 0.1) is 23.7 Å². The van der Waals surface area contributed by atoms with Crippen LogP contribution in [0.3, 0.4) is 0 Å². The number of carbonyl (C=O) groups excluding carboxylic acids is 2. The Labute approximate surface area is 257 Å². The van der Waals surface area contributed by atoms with Crippen molar-refractivity contribution < 1.29 is 53.7 Å². The molecule has 0 spiro atoms. The molecule has 14 atom stereocenters. The summed E-state index contributed by atoms with van der Waals surface area (Å²) in [5.41, 5.74) is -6.24. The van der Waals surface area contributed by atoms with Crippen LogP contribution in [0.25, 0.3) is 0 Å². The standard InChI is InChI=1S/C33H44O11/c1-16(2)32-26(41-22(35)14-13-20-11-9-8-10-12-20)18(4)33-21-15-17(3)25(40-19(5)34)31(21,39)28(37)29(6,38)24(36)23(33)27(32)42-30(7,43-32)44-33/h8-12,17-18,21,23-28,36-39H,1,13-15H2,2-7H3/t17-,18+,21+,23-,24-,25-,26-,27+,28+,29+,30+,31+,32-,33-/m0/s1. The number of aliphatic hydroxyl groups excluding tert-OH is 2. The molecule has 2 saturated heterocycles. The molecule has 2 aliphatic heterocycles. The number of aliphatic hydroxyl groups is 4. The van der Waals surface area contributed by atoms with Crippen molar-refractivity contribution in [2.45, 2.75) is 120 Å². The van der Waals surface area contributed by atoms with Gasteiger partial charge in [-0.1, -0.05) is 50.8 Å². The summed E-state index contributed by atoms with van der Waals surface area (Å²) in [5.74, 6) is -6.26. The summed E-state index contributed by atoms with van der Waals surface area (Å²) in [5, 5.41) is 48.2. The zero-order valence-corrected chi connectivity index (χ0v) is 26.1. The van der Waals surface area contributed by atoms with Crippen molar-refractivity contribution in [2.75, 3.05) is 0 Å². The zero-order chi connectivity index (χ0) is 32.2. The van der Waals surface area contributed by atoms with Crippen LogP contribution in [-0.2, 0) is 39.7 Å². The highest BCUT2D eigenvalue weighted by Gasteiger charge is 2.86. The van der Waals surface area contributed by atoms with Gasteiger partial charge in [-0.3, -0.25) is 9.59 Å². The van der Waals surface area contributed by atoms with Crippen LogP contribution in [0.2, 0.25) is 0 Å². The number of hydrogen-bond donors (Lipinski definition) is 4. The number of fused-ring (bicyclic) bond motifs is 2. The number of aryl methyl sites for hydroxylation is 1. The predicted octanol–water partition coefficient (Wildman–Crippen LogP) is 1.78. The molecule has 6 rings (SSSR count). The Morgan fingerprint density at radius 1 is 1.02 bits per heavy atom. The molecule has 3 saturated carbocycles. The van der Waals surface area contributed by atoms with Gasteiger partial charge < -0.3 is 44.1 Å². The van der Waals surface area contributed by atoms with Gasteiger partial charge in [0.25, 0.3) is 5.97 Å². The lowest BCUT2D eigenvalue weighted by Gasteiger charge is -2.62. The average Bonchev–Trinajstić information content (AvgIpc) is 3.33. The Hall–Kier alpha value is -2.38. The maximum absolute atomic E-state index is 13.5. The van der Waals surface area contributed by atoms with E-state index in [1.165, 1.54) is 13.8 Å². The maximum Gasteiger partial charge on any atom is 0.306 e. The quantitative estimate of drug-likeness (QED) is 0.272. The van der Waals surface area contributed by atoms with Gasteiger partial charge in [-0.2, -0.15) is 0 Å². The lowest BCUT2D eigenvalue weighted by atomic mass is 9.52. The summed E-state index contributed by atoms with van der Waals surface area (Å²) in [6, 6.07) is 9.54. The summed E-state index contributed by atoms with van der Waals surface area (Å²) in [6.45, 7) is 13.5. The third-order valence-electron chi connectivity index (χ3n) is 11.2. The summed E-state index contributed by atoms with van der Waals surface area (Å²) < 4.78 is 31.7. The van der Waals surface area contributed by atoms with Crippen LogP contribution >= 0.6 is 0 Å². The van der Waals surface area contributed by atoms with Crippen molar-refractivity contribution in [1.29, 1.82) is 0 Å². The Bertz CT molecular complexity index is 1350. The topological polar surface area (TPSA) is 161 Å². The second kappa shape index (κ2) is 10.1. The van der Waals surface area contributed by atoms with Crippen LogP contribution in [0.4, 0.5) is 0 Å². The third kappa shape index (κ3) is 4.00. The molecule has 11 nitrogen and oxygen atoms in total. The van der Waals surface area contributed by atoms with E-state index in [4.69, 9.17) is 23.7 Å². The Kier molecular flexibility index (Phi) is 7.22. The first kappa shape index (κ1) is 31.6. The number of rotatable bonds is 6. The summed E-state index contributed by atoms with van der Waals surface area (Å²) in [6.07, 6.45) is -6.31. The van der Waals surface area contributed by atoms with Gasteiger partial charge in [0.15, 0.2) is 5.60 Å². The fourth-order valence-corrected chi connectivity index (χ4v) is 9.44. The van der Waals surface area contributed by atoms with E-state index in [1.54, 1.807) is 27.7 Å². The number of ether oxygens (including phenoxy) is 5. The van der Waals surface area contributed by atoms with Gasteiger partial charge in [0, 0.05) is 38.0 Å². The maximum atomic E-state index is 13.5. The van der Waals surface area contributed by atoms with E-state index < -0.39 is 94.5 Å². The molecule has 1 aromatic rings. The molecule has 3 aliphatic carbocycles. The summed E-state index contributed by atoms with van der Waals surface area (Å²) in [7, 11) is 0. The fraction of sp³-hybridized carbons (Fsp3) is 0.697. The van der Waals surface area contributed by atoms with E-state index in [0.717, 1.165) is 5.56 Å². The summed E-state index contributed by atoms with van der Waals surface area (Å²) >= 11 is 0. The van der Waals surface area contributed by atoms with Gasteiger partial charge in [-0.25, -0.2) is 0 Å². The van der Waals surface area contributed by atoms with Gasteiger partial charge >= 0.3 is 11.9 Å². The second-order valence-corrected chi connectivity index (χ2v) is 14.0. The number of hydrogen-bond acceptors (Lipinski definition) is 11. The van der Waals surface area contributed by atoms with Crippen LogP contribution in [0.1, 0.15) is 59.9 Å². The highest BCUT2D eigenvalue weighted by molar-refractivity contribution is 5.70. The van der Waals surface area contributed by atoms with Crippen molar-refractivity contribution in [3.8, 4) is 0 Å². The molecule has 5 fully saturated rings. The Morgan fingerprint density at radius 2 is 1.68 bits per heavy atom. The van der Waals surface area contributed by atoms with Crippen molar-refractivity contribution in [3.05, 3.63) is 48.0 Å². The molecule has 11 heteroatoms. The van der Waals surface area contributed by atoms with Crippen molar-refractivity contribution >= 4 is 11.9 Å². The van der Waals surface area contributed by atoms with Gasteiger partial charge in [-0.15, -0.1) is 0 Å². The molecule has 1 aromatic carbocycles. The highest BCUT2D eigenvalue weighted by Crippen LogP contribution is 2.71. The van der Waals surface area contributed by atoms with Crippen LogP contribution < -0.4 is 0 Å². The van der Waals surface area contributed by atoms with E-state index in [0.29, 0.717) is 12.0 Å². The molecule has 44 heavy (non-hydrogen) atoms. The minimum atomic E-state index is -2.31. The van der Waals surface area contributed by atoms with Crippen molar-refractivity contribution in [1.82, 2.24) is 0 Å². The molecule has 4 N–H and O–H groups in total. The monoisotopic (exact) mass is 616 g/mol. The molecule has 0 aromatic heterocycles. The number of esters is 2. The molecule has 0 radical (unpaired) electrons. The van der Waals surface area contributed by atoms with E-state index in [9.17, 15) is 30.0 Å². The normalized spacial score (nSPS) is 50.4. The lowest BCUT2D eigenvalue weighted by Crippen LogP contribution is -2.77. The number of carbonyl (C=O) groups is 2. The molecule has 5 aliphatic rings. The minimum Gasteiger partial charge on any atom is -0.459 e. The Balaban J connectivity index is 1.50. The highest BCUT2D eigenvalue weighted by atomic mass is 16.9. The van der Waals surface area contributed by atoms with E-state index >= 15 is 0 Å². The van der Waals surface area contributed by atoms with Gasteiger partial charge in [0.05, 0.1) is 11.7 Å². The van der Waals surface area contributed by atoms with Crippen molar-refractivity contribution in [2.24, 2.45) is 23.7 Å². The fourth-order valence-electron chi connectivity index (χ4n) is 9.44. The second-order valence-electron chi connectivity index (χ2n) is 14.0. The third-order valence-corrected chi connectivity index (χ3v) is 11.2. The zero-order valence-electron chi connectivity index (χ0n) is 26.1. The Morgan fingerprint density at radius 3 is 2.30 bits per heavy atom. The molecular formula is C33H44O11. The van der Waals surface area contributed by atoms with Crippen LogP contribution in [0.15, 0.2) is 42.5 Å². The largest absolute Gasteiger partial charge is 0.459 e. The first-order valence-corrected chi connectivity index (χ1v) is 15.4. The molecule has 2 heterocycles. The van der Waals surface area contributed by atoms with Gasteiger partial charge in [0.1, 0.15) is 35.6 Å². The van der Waals surface area contributed by atoms with E-state index in [-0.39, 0.29) is 12.8 Å². The first-order valence-electron chi connectivity index (χ1n) is 15.4. The van der Waals surface area contributed by atoms with Crippen LogP contribution in [0.5, 0.6) is 0 Å². The van der Waals surface area contributed by atoms with Crippen LogP contribution in [-0.4, -0.2) is 91.3 Å².